The fourth-order valence-corrected chi connectivity index (χ4v) is 5.56. The van der Waals surface area contributed by atoms with Crippen LogP contribution < -0.4 is 10.6 Å². The van der Waals surface area contributed by atoms with Crippen molar-refractivity contribution in [1.82, 2.24) is 10.6 Å². The number of hydrogen-bond acceptors (Lipinski definition) is 5. The summed E-state index contributed by atoms with van der Waals surface area (Å²) in [5.74, 6) is 0.0341. The summed E-state index contributed by atoms with van der Waals surface area (Å²) in [4.78, 5) is 35.9. The van der Waals surface area contributed by atoms with Gasteiger partial charge in [-0.1, -0.05) is 48.5 Å². The Bertz CT molecular complexity index is 1020. The molecule has 2 aliphatic carbocycles. The summed E-state index contributed by atoms with van der Waals surface area (Å²) in [6, 6.07) is 15.6. The molecule has 0 radical (unpaired) electrons. The zero-order valence-corrected chi connectivity index (χ0v) is 20.7. The average molecular weight is 497 g/mol. The first-order valence-corrected chi connectivity index (χ1v) is 13.5. The summed E-state index contributed by atoms with van der Waals surface area (Å²) in [5.41, 5.74) is 4.75. The van der Waals surface area contributed by atoms with Crippen molar-refractivity contribution in [2.24, 2.45) is 11.8 Å². The van der Waals surface area contributed by atoms with Gasteiger partial charge in [0.25, 0.3) is 0 Å². The van der Waals surface area contributed by atoms with E-state index in [2.05, 4.69) is 34.9 Å². The van der Waals surface area contributed by atoms with E-state index in [9.17, 15) is 19.5 Å². The van der Waals surface area contributed by atoms with Gasteiger partial charge in [-0.15, -0.1) is 0 Å². The molecular weight excluding hydrogens is 464 g/mol. The number of amides is 2. The molecule has 0 heterocycles. The summed E-state index contributed by atoms with van der Waals surface area (Å²) in [7, 11) is 0. The Hall–Kier alpha value is -3.00. The summed E-state index contributed by atoms with van der Waals surface area (Å²) >= 11 is 1.56. The number of carboxylic acids is 1. The summed E-state index contributed by atoms with van der Waals surface area (Å²) in [6.07, 6.45) is 3.89. The van der Waals surface area contributed by atoms with Gasteiger partial charge in [0, 0.05) is 18.9 Å². The predicted octanol–water partition coefficient (Wildman–Crippen LogP) is 4.26. The maximum atomic E-state index is 12.3. The molecule has 1 fully saturated rings. The molecule has 0 aromatic heterocycles. The topological polar surface area (TPSA) is 105 Å². The second kappa shape index (κ2) is 11.6. The maximum absolute atomic E-state index is 12.3. The highest BCUT2D eigenvalue weighted by Gasteiger charge is 2.32. The van der Waals surface area contributed by atoms with Crippen molar-refractivity contribution in [1.29, 1.82) is 0 Å². The molecule has 186 valence electrons. The van der Waals surface area contributed by atoms with Crippen LogP contribution in [0.5, 0.6) is 0 Å². The SMILES string of the molecule is CSCC[C@@H](NC(=O)CC1CC(CNC(=O)OCC2c3ccccc3-c3ccccc32)C1)C(=O)O. The minimum atomic E-state index is -0.994. The number of carbonyl (C=O) groups excluding carboxylic acids is 2. The standard InChI is InChI=1S/C27H32N2O5S/c1-35-11-10-24(26(31)32)29-25(30)14-17-12-18(13-17)15-28-27(33)34-16-23-21-8-4-2-6-19(21)20-7-3-5-9-22(20)23/h2-9,17-18,23-24H,10-16H2,1H3,(H,28,33)(H,29,30)(H,31,32)/t17?,18?,24-/m1/s1. The molecule has 2 amide bonds. The van der Waals surface area contributed by atoms with Crippen LogP contribution in [0.1, 0.15) is 42.7 Å². The Morgan fingerprint density at radius 3 is 2.26 bits per heavy atom. The number of hydrogen-bond donors (Lipinski definition) is 3. The lowest BCUT2D eigenvalue weighted by atomic mass is 9.73. The van der Waals surface area contributed by atoms with Crippen molar-refractivity contribution < 1.29 is 24.2 Å². The Labute approximate surface area is 210 Å². The molecule has 0 saturated heterocycles. The fourth-order valence-electron chi connectivity index (χ4n) is 5.09. The molecule has 0 unspecified atom stereocenters. The molecule has 1 atom stereocenters. The Morgan fingerprint density at radius 1 is 1.03 bits per heavy atom. The molecule has 35 heavy (non-hydrogen) atoms. The van der Waals surface area contributed by atoms with Crippen LogP contribution in [0.2, 0.25) is 0 Å². The van der Waals surface area contributed by atoms with Crippen molar-refractivity contribution in [3.8, 4) is 11.1 Å². The highest BCUT2D eigenvalue weighted by molar-refractivity contribution is 7.98. The molecule has 2 aromatic rings. The van der Waals surface area contributed by atoms with Crippen LogP contribution in [0.3, 0.4) is 0 Å². The number of ether oxygens (including phenoxy) is 1. The van der Waals surface area contributed by atoms with Gasteiger partial charge in [0.15, 0.2) is 0 Å². The number of carboxylic acid groups (broad SMARTS) is 1. The number of carbonyl (C=O) groups is 3. The van der Waals surface area contributed by atoms with E-state index >= 15 is 0 Å². The van der Waals surface area contributed by atoms with Gasteiger partial charge in [0.05, 0.1) is 0 Å². The van der Waals surface area contributed by atoms with Gasteiger partial charge in [-0.25, -0.2) is 9.59 Å². The van der Waals surface area contributed by atoms with Crippen molar-refractivity contribution in [3.63, 3.8) is 0 Å². The Kier molecular flexibility index (Phi) is 8.33. The van der Waals surface area contributed by atoms with Gasteiger partial charge in [0.2, 0.25) is 5.91 Å². The summed E-state index contributed by atoms with van der Waals surface area (Å²) in [6.45, 7) is 0.800. The lowest BCUT2D eigenvalue weighted by Gasteiger charge is -2.35. The van der Waals surface area contributed by atoms with Crippen molar-refractivity contribution >= 4 is 29.7 Å². The van der Waals surface area contributed by atoms with Crippen LogP contribution in [-0.2, 0) is 14.3 Å². The molecule has 1 saturated carbocycles. The number of aliphatic carboxylic acids is 1. The molecule has 2 aliphatic rings. The summed E-state index contributed by atoms with van der Waals surface area (Å²) < 4.78 is 5.58. The molecule has 3 N–H and O–H groups in total. The third-order valence-corrected chi connectivity index (χ3v) is 7.57. The van der Waals surface area contributed by atoms with Crippen molar-refractivity contribution in [3.05, 3.63) is 59.7 Å². The first-order chi connectivity index (χ1) is 17.0. The van der Waals surface area contributed by atoms with Gasteiger partial charge in [-0.3, -0.25) is 4.79 Å². The van der Waals surface area contributed by atoms with Gasteiger partial charge in [-0.05, 0) is 65.4 Å². The maximum Gasteiger partial charge on any atom is 0.407 e. The lowest BCUT2D eigenvalue weighted by molar-refractivity contribution is -0.142. The molecule has 0 bridgehead atoms. The van der Waals surface area contributed by atoms with E-state index in [1.807, 2.05) is 30.5 Å². The van der Waals surface area contributed by atoms with Gasteiger partial charge in [-0.2, -0.15) is 11.8 Å². The van der Waals surface area contributed by atoms with E-state index in [0.717, 1.165) is 12.8 Å². The quantitative estimate of drug-likeness (QED) is 0.429. The van der Waals surface area contributed by atoms with E-state index in [1.54, 1.807) is 11.8 Å². The van der Waals surface area contributed by atoms with Crippen molar-refractivity contribution in [2.45, 2.75) is 37.6 Å². The van der Waals surface area contributed by atoms with Crippen molar-refractivity contribution in [2.75, 3.05) is 25.2 Å². The highest BCUT2D eigenvalue weighted by Crippen LogP contribution is 2.44. The normalized spacial score (nSPS) is 19.1. The Morgan fingerprint density at radius 2 is 1.66 bits per heavy atom. The number of fused-ring (bicyclic) bond motifs is 3. The minimum Gasteiger partial charge on any atom is -0.480 e. The minimum absolute atomic E-state index is 0.0327. The number of nitrogens with one attached hydrogen (secondary N) is 2. The number of benzene rings is 2. The monoisotopic (exact) mass is 496 g/mol. The highest BCUT2D eigenvalue weighted by atomic mass is 32.2. The van der Waals surface area contributed by atoms with E-state index in [-0.39, 0.29) is 24.3 Å². The van der Waals surface area contributed by atoms with Crippen LogP contribution in [0.25, 0.3) is 11.1 Å². The fraction of sp³-hybridized carbons (Fsp3) is 0.444. The zero-order chi connectivity index (χ0) is 24.8. The number of alkyl carbamates (subject to hydrolysis) is 1. The average Bonchev–Trinajstić information content (AvgIpc) is 3.15. The molecule has 2 aromatic carbocycles. The Balaban J connectivity index is 1.16. The predicted molar refractivity (Wildman–Crippen MR) is 136 cm³/mol. The van der Waals surface area contributed by atoms with E-state index in [0.29, 0.717) is 31.1 Å². The second-order valence-electron chi connectivity index (χ2n) is 9.35. The number of rotatable bonds is 11. The summed E-state index contributed by atoms with van der Waals surface area (Å²) in [5, 5.41) is 14.7. The first-order valence-electron chi connectivity index (χ1n) is 12.1. The van der Waals surface area contributed by atoms with Crippen LogP contribution >= 0.6 is 11.8 Å². The van der Waals surface area contributed by atoms with Gasteiger partial charge < -0.3 is 20.5 Å². The van der Waals surface area contributed by atoms with Gasteiger partial charge >= 0.3 is 12.1 Å². The molecular formula is C27H32N2O5S. The molecule has 7 nitrogen and oxygen atoms in total. The second-order valence-corrected chi connectivity index (χ2v) is 10.3. The smallest absolute Gasteiger partial charge is 0.407 e. The van der Waals surface area contributed by atoms with Gasteiger partial charge in [0.1, 0.15) is 12.6 Å². The molecule has 8 heteroatoms. The van der Waals surface area contributed by atoms with E-state index < -0.39 is 18.1 Å². The molecule has 0 aliphatic heterocycles. The third kappa shape index (κ3) is 6.17. The van der Waals surface area contributed by atoms with Crippen LogP contribution in [0, 0.1) is 11.8 Å². The van der Waals surface area contributed by atoms with Crippen LogP contribution in [0.4, 0.5) is 4.79 Å². The zero-order valence-electron chi connectivity index (χ0n) is 19.9. The van der Waals surface area contributed by atoms with E-state index in [1.165, 1.54) is 22.3 Å². The van der Waals surface area contributed by atoms with E-state index in [4.69, 9.17) is 4.74 Å². The third-order valence-electron chi connectivity index (χ3n) is 6.93. The lowest BCUT2D eigenvalue weighted by Crippen LogP contribution is -2.43. The first kappa shape index (κ1) is 25.1. The van der Waals surface area contributed by atoms with Crippen LogP contribution in [-0.4, -0.2) is 54.3 Å². The molecule has 4 rings (SSSR count). The number of thioether (sulfide) groups is 1. The largest absolute Gasteiger partial charge is 0.480 e. The van der Waals surface area contributed by atoms with Crippen LogP contribution in [0.15, 0.2) is 48.5 Å². The molecule has 0 spiro atoms.